The van der Waals surface area contributed by atoms with Crippen molar-refractivity contribution in [1.29, 1.82) is 0 Å². The molecule has 0 spiro atoms. The van der Waals surface area contributed by atoms with Crippen molar-refractivity contribution in [2.45, 2.75) is 52.9 Å². The van der Waals surface area contributed by atoms with Gasteiger partial charge in [0, 0.05) is 43.1 Å². The van der Waals surface area contributed by atoms with Crippen molar-refractivity contribution in [3.05, 3.63) is 35.9 Å². The second kappa shape index (κ2) is 6.02. The molecule has 0 bridgehead atoms. The Kier molecular flexibility index (Phi) is 4.37. The summed E-state index contributed by atoms with van der Waals surface area (Å²) >= 11 is 0. The van der Waals surface area contributed by atoms with Crippen LogP contribution in [0.4, 0.5) is 0 Å². The van der Waals surface area contributed by atoms with Gasteiger partial charge in [0.1, 0.15) is 0 Å². The normalized spacial score (nSPS) is 11.7. The molecular formula is C14H23N5. The minimum atomic E-state index is 0.399. The standard InChI is InChI=1S/C14H23N5/c1-11(2)18-10-13(8-17-18)7-15-9-14-5-6-16-19(14)12(3)4/h5-6,8,10-12,15H,7,9H2,1-4H3. The molecule has 1 N–H and O–H groups in total. The Labute approximate surface area is 114 Å². The lowest BCUT2D eigenvalue weighted by Gasteiger charge is -2.11. The van der Waals surface area contributed by atoms with Crippen LogP contribution < -0.4 is 5.32 Å². The molecule has 0 atom stereocenters. The van der Waals surface area contributed by atoms with E-state index in [0.29, 0.717) is 12.1 Å². The zero-order chi connectivity index (χ0) is 13.8. The van der Waals surface area contributed by atoms with Gasteiger partial charge >= 0.3 is 0 Å². The van der Waals surface area contributed by atoms with Crippen molar-refractivity contribution in [3.8, 4) is 0 Å². The number of hydrogen-bond donors (Lipinski definition) is 1. The maximum Gasteiger partial charge on any atom is 0.0534 e. The summed E-state index contributed by atoms with van der Waals surface area (Å²) in [6.45, 7) is 10.2. The molecule has 0 aliphatic heterocycles. The van der Waals surface area contributed by atoms with Crippen molar-refractivity contribution in [3.63, 3.8) is 0 Å². The molecule has 2 rings (SSSR count). The quantitative estimate of drug-likeness (QED) is 0.869. The first-order valence-corrected chi connectivity index (χ1v) is 6.84. The lowest BCUT2D eigenvalue weighted by atomic mass is 10.3. The Morgan fingerprint density at radius 1 is 1.11 bits per heavy atom. The SMILES string of the molecule is CC(C)n1cc(CNCc2ccnn2C(C)C)cn1. The van der Waals surface area contributed by atoms with E-state index in [0.717, 1.165) is 13.1 Å². The van der Waals surface area contributed by atoms with Gasteiger partial charge in [0.2, 0.25) is 0 Å². The van der Waals surface area contributed by atoms with Crippen LogP contribution in [-0.2, 0) is 13.1 Å². The van der Waals surface area contributed by atoms with Crippen LogP contribution in [-0.4, -0.2) is 19.6 Å². The summed E-state index contributed by atoms with van der Waals surface area (Å²) in [6.07, 6.45) is 5.87. The van der Waals surface area contributed by atoms with Crippen molar-refractivity contribution >= 4 is 0 Å². The number of aromatic nitrogens is 4. The smallest absolute Gasteiger partial charge is 0.0534 e. The third-order valence-corrected chi connectivity index (χ3v) is 3.06. The first-order chi connectivity index (χ1) is 9.08. The minimum absolute atomic E-state index is 0.399. The molecule has 0 aliphatic carbocycles. The van der Waals surface area contributed by atoms with E-state index < -0.39 is 0 Å². The van der Waals surface area contributed by atoms with E-state index >= 15 is 0 Å². The fraction of sp³-hybridized carbons (Fsp3) is 0.571. The molecule has 2 aromatic rings. The molecule has 2 aromatic heterocycles. The van der Waals surface area contributed by atoms with Crippen molar-refractivity contribution in [2.24, 2.45) is 0 Å². The Balaban J connectivity index is 1.87. The summed E-state index contributed by atoms with van der Waals surface area (Å²) in [5.41, 5.74) is 2.43. The molecule has 0 radical (unpaired) electrons. The van der Waals surface area contributed by atoms with Crippen molar-refractivity contribution in [1.82, 2.24) is 24.9 Å². The van der Waals surface area contributed by atoms with Gasteiger partial charge in [0.15, 0.2) is 0 Å². The lowest BCUT2D eigenvalue weighted by molar-refractivity contribution is 0.495. The summed E-state index contributed by atoms with van der Waals surface area (Å²) in [5.74, 6) is 0. The molecule has 0 unspecified atom stereocenters. The van der Waals surface area contributed by atoms with E-state index in [1.807, 2.05) is 21.8 Å². The fourth-order valence-electron chi connectivity index (χ4n) is 2.03. The van der Waals surface area contributed by atoms with Gasteiger partial charge < -0.3 is 5.32 Å². The van der Waals surface area contributed by atoms with Gasteiger partial charge in [-0.1, -0.05) is 0 Å². The van der Waals surface area contributed by atoms with Crippen LogP contribution in [0.5, 0.6) is 0 Å². The van der Waals surface area contributed by atoms with Gasteiger partial charge in [-0.25, -0.2) is 0 Å². The molecule has 2 heterocycles. The lowest BCUT2D eigenvalue weighted by Crippen LogP contribution is -2.17. The zero-order valence-corrected chi connectivity index (χ0v) is 12.2. The summed E-state index contributed by atoms with van der Waals surface area (Å²) in [5, 5.41) is 12.1. The van der Waals surface area contributed by atoms with Crippen LogP contribution in [0.15, 0.2) is 24.7 Å². The highest BCUT2D eigenvalue weighted by Gasteiger charge is 2.06. The van der Waals surface area contributed by atoms with E-state index in [1.165, 1.54) is 11.3 Å². The van der Waals surface area contributed by atoms with Crippen LogP contribution in [0.3, 0.4) is 0 Å². The summed E-state index contributed by atoms with van der Waals surface area (Å²) in [7, 11) is 0. The Morgan fingerprint density at radius 3 is 2.53 bits per heavy atom. The Bertz CT molecular complexity index is 509. The third kappa shape index (κ3) is 3.44. The summed E-state index contributed by atoms with van der Waals surface area (Å²) in [4.78, 5) is 0. The average Bonchev–Trinajstić information content (AvgIpc) is 2.97. The first kappa shape index (κ1) is 13.8. The molecule has 0 saturated carbocycles. The van der Waals surface area contributed by atoms with E-state index in [9.17, 15) is 0 Å². The Hall–Kier alpha value is -1.62. The van der Waals surface area contributed by atoms with Gasteiger partial charge in [-0.2, -0.15) is 10.2 Å². The minimum Gasteiger partial charge on any atom is -0.307 e. The highest BCUT2D eigenvalue weighted by atomic mass is 15.3. The topological polar surface area (TPSA) is 47.7 Å². The molecule has 0 aliphatic rings. The maximum atomic E-state index is 4.34. The largest absolute Gasteiger partial charge is 0.307 e. The number of nitrogens with zero attached hydrogens (tertiary/aromatic N) is 4. The van der Waals surface area contributed by atoms with E-state index in [-0.39, 0.29) is 0 Å². The molecule has 0 saturated heterocycles. The highest BCUT2D eigenvalue weighted by molar-refractivity contribution is 5.05. The molecular weight excluding hydrogens is 238 g/mol. The molecule has 19 heavy (non-hydrogen) atoms. The first-order valence-electron chi connectivity index (χ1n) is 6.84. The number of nitrogens with one attached hydrogen (secondary N) is 1. The third-order valence-electron chi connectivity index (χ3n) is 3.06. The number of hydrogen-bond acceptors (Lipinski definition) is 3. The van der Waals surface area contributed by atoms with E-state index in [1.54, 1.807) is 0 Å². The summed E-state index contributed by atoms with van der Waals surface area (Å²) in [6, 6.07) is 2.87. The molecule has 0 amide bonds. The number of rotatable bonds is 6. The molecule has 5 nitrogen and oxygen atoms in total. The van der Waals surface area contributed by atoms with Crippen LogP contribution >= 0.6 is 0 Å². The second-order valence-corrected chi connectivity index (χ2v) is 5.39. The second-order valence-electron chi connectivity index (χ2n) is 5.39. The van der Waals surface area contributed by atoms with Crippen molar-refractivity contribution in [2.75, 3.05) is 0 Å². The van der Waals surface area contributed by atoms with Crippen LogP contribution in [0.2, 0.25) is 0 Å². The van der Waals surface area contributed by atoms with E-state index in [4.69, 9.17) is 0 Å². The van der Waals surface area contributed by atoms with Gasteiger partial charge in [0.05, 0.1) is 11.9 Å². The predicted molar refractivity (Wildman–Crippen MR) is 75.8 cm³/mol. The monoisotopic (exact) mass is 261 g/mol. The van der Waals surface area contributed by atoms with Gasteiger partial charge in [-0.3, -0.25) is 9.36 Å². The predicted octanol–water partition coefficient (Wildman–Crippen LogP) is 2.53. The molecule has 5 heteroatoms. The zero-order valence-electron chi connectivity index (χ0n) is 12.2. The molecule has 0 aromatic carbocycles. The van der Waals surface area contributed by atoms with Crippen molar-refractivity contribution < 1.29 is 0 Å². The van der Waals surface area contributed by atoms with Crippen LogP contribution in [0.25, 0.3) is 0 Å². The average molecular weight is 261 g/mol. The van der Waals surface area contributed by atoms with Gasteiger partial charge in [0.25, 0.3) is 0 Å². The Morgan fingerprint density at radius 2 is 1.89 bits per heavy atom. The van der Waals surface area contributed by atoms with Gasteiger partial charge in [-0.15, -0.1) is 0 Å². The maximum absolute atomic E-state index is 4.34. The fourth-order valence-corrected chi connectivity index (χ4v) is 2.03. The molecule has 104 valence electrons. The van der Waals surface area contributed by atoms with Crippen LogP contribution in [0, 0.1) is 0 Å². The van der Waals surface area contributed by atoms with Gasteiger partial charge in [-0.05, 0) is 33.8 Å². The van der Waals surface area contributed by atoms with Crippen LogP contribution in [0.1, 0.15) is 51.0 Å². The summed E-state index contributed by atoms with van der Waals surface area (Å²) < 4.78 is 4.03. The molecule has 0 fully saturated rings. The highest BCUT2D eigenvalue weighted by Crippen LogP contribution is 2.08. The van der Waals surface area contributed by atoms with E-state index in [2.05, 4.69) is 55.5 Å².